The van der Waals surface area contributed by atoms with Crippen LogP contribution in [0.4, 0.5) is 16.2 Å². The van der Waals surface area contributed by atoms with Crippen LogP contribution in [-0.2, 0) is 16.1 Å². The topological polar surface area (TPSA) is 120 Å². The molecule has 0 aliphatic rings. The Morgan fingerprint density at radius 2 is 1.72 bits per heavy atom. The molecule has 0 aliphatic heterocycles. The fraction of sp³-hybridized carbons (Fsp3) is 0.300. The molecule has 0 aliphatic carbocycles. The molecule has 2 rings (SSSR count). The number of carbonyl (C=O) groups excluding carboxylic acids is 2. The number of nitrogens with zero attached hydrogens (tertiary/aromatic N) is 1. The van der Waals surface area contributed by atoms with Crippen molar-refractivity contribution in [1.82, 2.24) is 5.32 Å². The van der Waals surface area contributed by atoms with E-state index in [0.717, 1.165) is 24.9 Å². The van der Waals surface area contributed by atoms with Gasteiger partial charge in [-0.1, -0.05) is 12.1 Å². The van der Waals surface area contributed by atoms with Crippen molar-refractivity contribution in [1.29, 1.82) is 0 Å². The van der Waals surface area contributed by atoms with Crippen molar-refractivity contribution in [2.45, 2.75) is 25.9 Å². The molecular weight excluding hydrogens is 378 g/mol. The van der Waals surface area contributed by atoms with Gasteiger partial charge in [0.2, 0.25) is 5.91 Å². The standard InChI is InChI=1S/C20H23N3O6/c1-21-13-3-2-4-19(24)22-16-7-5-15(6-8-16)14-28-20(25)29-18-11-9-17(10-12-18)23(26)27/h5-12,21H,2-4,13-14H2,1H3,(H,22,24). The minimum atomic E-state index is -0.919. The summed E-state index contributed by atoms with van der Waals surface area (Å²) in [6.45, 7) is 0.874. The van der Waals surface area contributed by atoms with Crippen molar-refractivity contribution in [3.05, 3.63) is 64.2 Å². The molecule has 0 saturated carbocycles. The van der Waals surface area contributed by atoms with Gasteiger partial charge in [0.1, 0.15) is 12.4 Å². The predicted molar refractivity (Wildman–Crippen MR) is 107 cm³/mol. The first-order valence-electron chi connectivity index (χ1n) is 9.10. The third-order valence-electron chi connectivity index (χ3n) is 3.92. The molecule has 0 bridgehead atoms. The largest absolute Gasteiger partial charge is 0.514 e. The molecule has 2 aromatic carbocycles. The summed E-state index contributed by atoms with van der Waals surface area (Å²) in [4.78, 5) is 33.6. The SMILES string of the molecule is CNCCCCC(=O)Nc1ccc(COC(=O)Oc2ccc([N+](=O)[O-])cc2)cc1. The molecule has 0 spiro atoms. The molecule has 29 heavy (non-hydrogen) atoms. The van der Waals surface area contributed by atoms with Crippen LogP contribution in [-0.4, -0.2) is 30.6 Å². The molecule has 9 heteroatoms. The second kappa shape index (κ2) is 11.4. The van der Waals surface area contributed by atoms with Gasteiger partial charge in [0.05, 0.1) is 4.92 Å². The van der Waals surface area contributed by atoms with Crippen molar-refractivity contribution in [3.8, 4) is 5.75 Å². The maximum absolute atomic E-state index is 11.9. The summed E-state index contributed by atoms with van der Waals surface area (Å²) in [5, 5.41) is 16.4. The van der Waals surface area contributed by atoms with Crippen LogP contribution in [0.3, 0.4) is 0 Å². The van der Waals surface area contributed by atoms with E-state index in [4.69, 9.17) is 9.47 Å². The number of non-ortho nitro benzene ring substituents is 1. The quantitative estimate of drug-likeness (QED) is 0.205. The summed E-state index contributed by atoms with van der Waals surface area (Å²) in [5.41, 5.74) is 1.29. The number of unbranched alkanes of at least 4 members (excludes halogenated alkanes) is 1. The van der Waals surface area contributed by atoms with E-state index in [2.05, 4.69) is 10.6 Å². The summed E-state index contributed by atoms with van der Waals surface area (Å²) in [6.07, 6.45) is 1.30. The number of hydrogen-bond acceptors (Lipinski definition) is 7. The normalized spacial score (nSPS) is 10.2. The zero-order valence-corrected chi connectivity index (χ0v) is 16.1. The van der Waals surface area contributed by atoms with Crippen LogP contribution in [0.2, 0.25) is 0 Å². The number of ether oxygens (including phenoxy) is 2. The second-order valence-corrected chi connectivity index (χ2v) is 6.20. The molecule has 0 unspecified atom stereocenters. The zero-order valence-electron chi connectivity index (χ0n) is 16.1. The number of nitro groups is 1. The predicted octanol–water partition coefficient (Wildman–Crippen LogP) is 3.64. The Hall–Kier alpha value is -3.46. The lowest BCUT2D eigenvalue weighted by molar-refractivity contribution is -0.384. The fourth-order valence-electron chi connectivity index (χ4n) is 2.40. The first-order chi connectivity index (χ1) is 14.0. The van der Waals surface area contributed by atoms with E-state index in [9.17, 15) is 19.7 Å². The maximum Gasteiger partial charge on any atom is 0.514 e. The lowest BCUT2D eigenvalue weighted by Crippen LogP contribution is -2.13. The number of amides is 1. The van der Waals surface area contributed by atoms with Gasteiger partial charge in [0, 0.05) is 24.2 Å². The van der Waals surface area contributed by atoms with Gasteiger partial charge in [0.25, 0.3) is 5.69 Å². The highest BCUT2D eigenvalue weighted by Crippen LogP contribution is 2.18. The average Bonchev–Trinajstić information content (AvgIpc) is 2.71. The van der Waals surface area contributed by atoms with Gasteiger partial charge >= 0.3 is 6.16 Å². The highest BCUT2D eigenvalue weighted by Gasteiger charge is 2.10. The number of benzene rings is 2. The number of anilines is 1. The van der Waals surface area contributed by atoms with E-state index in [1.807, 2.05) is 7.05 Å². The summed E-state index contributed by atoms with van der Waals surface area (Å²) >= 11 is 0. The molecular formula is C20H23N3O6. The van der Waals surface area contributed by atoms with E-state index in [1.54, 1.807) is 24.3 Å². The Balaban J connectivity index is 1.74. The van der Waals surface area contributed by atoms with E-state index >= 15 is 0 Å². The van der Waals surface area contributed by atoms with Crippen LogP contribution < -0.4 is 15.4 Å². The highest BCUT2D eigenvalue weighted by atomic mass is 16.7. The zero-order chi connectivity index (χ0) is 21.1. The number of hydrogen-bond donors (Lipinski definition) is 2. The Morgan fingerprint density at radius 3 is 2.34 bits per heavy atom. The molecule has 9 nitrogen and oxygen atoms in total. The Labute approximate surface area is 168 Å². The van der Waals surface area contributed by atoms with Crippen LogP contribution in [0.1, 0.15) is 24.8 Å². The molecule has 0 aromatic heterocycles. The lowest BCUT2D eigenvalue weighted by Gasteiger charge is -2.08. The van der Waals surface area contributed by atoms with E-state index in [1.165, 1.54) is 24.3 Å². The minimum Gasteiger partial charge on any atom is -0.429 e. The van der Waals surface area contributed by atoms with Gasteiger partial charge in [0.15, 0.2) is 0 Å². The monoisotopic (exact) mass is 401 g/mol. The van der Waals surface area contributed by atoms with Crippen molar-refractivity contribution >= 4 is 23.4 Å². The molecule has 0 saturated heterocycles. The summed E-state index contributed by atoms with van der Waals surface area (Å²) in [5.74, 6) is 0.102. The molecule has 2 N–H and O–H groups in total. The molecule has 154 valence electrons. The van der Waals surface area contributed by atoms with Crippen LogP contribution in [0.5, 0.6) is 5.75 Å². The third kappa shape index (κ3) is 7.97. The van der Waals surface area contributed by atoms with Gasteiger partial charge < -0.3 is 20.1 Å². The number of nitro benzene ring substituents is 1. The number of nitrogens with one attached hydrogen (secondary N) is 2. The molecule has 0 atom stereocenters. The van der Waals surface area contributed by atoms with Crippen LogP contribution >= 0.6 is 0 Å². The minimum absolute atomic E-state index is 0.00986. The maximum atomic E-state index is 11.9. The van der Waals surface area contributed by atoms with Crippen molar-refractivity contribution in [3.63, 3.8) is 0 Å². The van der Waals surface area contributed by atoms with Gasteiger partial charge in [-0.05, 0) is 56.3 Å². The van der Waals surface area contributed by atoms with Gasteiger partial charge in [-0.25, -0.2) is 4.79 Å². The van der Waals surface area contributed by atoms with Crippen molar-refractivity contribution < 1.29 is 24.0 Å². The summed E-state index contributed by atoms with van der Waals surface area (Å²) in [7, 11) is 1.88. The fourth-order valence-corrected chi connectivity index (χ4v) is 2.40. The Kier molecular flexibility index (Phi) is 8.58. The molecule has 0 radical (unpaired) electrons. The number of rotatable bonds is 10. The van der Waals surface area contributed by atoms with Gasteiger partial charge in [-0.2, -0.15) is 0 Å². The third-order valence-corrected chi connectivity index (χ3v) is 3.92. The number of carbonyl (C=O) groups is 2. The first-order valence-corrected chi connectivity index (χ1v) is 9.10. The average molecular weight is 401 g/mol. The van der Waals surface area contributed by atoms with Crippen LogP contribution in [0.25, 0.3) is 0 Å². The van der Waals surface area contributed by atoms with Crippen LogP contribution in [0, 0.1) is 10.1 Å². The van der Waals surface area contributed by atoms with Gasteiger partial charge in [-0.3, -0.25) is 14.9 Å². The lowest BCUT2D eigenvalue weighted by atomic mass is 10.2. The highest BCUT2D eigenvalue weighted by molar-refractivity contribution is 5.90. The van der Waals surface area contributed by atoms with Crippen molar-refractivity contribution in [2.75, 3.05) is 18.9 Å². The van der Waals surface area contributed by atoms with Crippen LogP contribution in [0.15, 0.2) is 48.5 Å². The molecule has 2 aromatic rings. The van der Waals surface area contributed by atoms with Gasteiger partial charge in [-0.15, -0.1) is 0 Å². The first kappa shape index (κ1) is 21.8. The second-order valence-electron chi connectivity index (χ2n) is 6.20. The smallest absolute Gasteiger partial charge is 0.429 e. The molecule has 0 heterocycles. The molecule has 1 amide bonds. The molecule has 0 fully saturated rings. The van der Waals surface area contributed by atoms with Crippen molar-refractivity contribution in [2.24, 2.45) is 0 Å². The van der Waals surface area contributed by atoms with E-state index in [-0.39, 0.29) is 24.0 Å². The summed E-state index contributed by atoms with van der Waals surface area (Å²) in [6, 6.07) is 12.0. The van der Waals surface area contributed by atoms with E-state index < -0.39 is 11.1 Å². The van der Waals surface area contributed by atoms with E-state index in [0.29, 0.717) is 12.1 Å². The Bertz CT molecular complexity index is 821. The Morgan fingerprint density at radius 1 is 1.03 bits per heavy atom. The summed E-state index contributed by atoms with van der Waals surface area (Å²) < 4.78 is 9.98.